The second-order valence-corrected chi connectivity index (χ2v) is 5.75. The van der Waals surface area contributed by atoms with E-state index in [-0.39, 0.29) is 0 Å². The first-order chi connectivity index (χ1) is 13.3. The van der Waals surface area contributed by atoms with Gasteiger partial charge in [-0.1, -0.05) is 30.3 Å². The molecule has 0 fully saturated rings. The number of benzene rings is 2. The number of ether oxygens (including phenoxy) is 3. The zero-order valence-corrected chi connectivity index (χ0v) is 15.2. The number of nitrogens with zero attached hydrogens (tertiary/aromatic N) is 4. The lowest BCUT2D eigenvalue weighted by molar-refractivity contribution is 0.327. The van der Waals surface area contributed by atoms with Gasteiger partial charge in [-0.15, -0.1) is 0 Å². The van der Waals surface area contributed by atoms with Crippen LogP contribution in [0.2, 0.25) is 0 Å². The van der Waals surface area contributed by atoms with Gasteiger partial charge in [0.05, 0.1) is 26.7 Å². The van der Waals surface area contributed by atoms with Crippen LogP contribution in [0.3, 0.4) is 0 Å². The van der Waals surface area contributed by atoms with E-state index < -0.39 is 0 Å². The topological polar surface area (TPSA) is 71.3 Å². The van der Waals surface area contributed by atoms with Crippen molar-refractivity contribution in [2.24, 2.45) is 0 Å². The van der Waals surface area contributed by atoms with Crippen LogP contribution in [0.15, 0.2) is 55.1 Å². The van der Waals surface area contributed by atoms with E-state index in [1.165, 1.54) is 0 Å². The monoisotopic (exact) mass is 362 g/mol. The molecule has 0 radical (unpaired) electrons. The molecule has 0 aliphatic rings. The summed E-state index contributed by atoms with van der Waals surface area (Å²) in [5.41, 5.74) is 1.53. The third-order valence-electron chi connectivity index (χ3n) is 4.26. The molecule has 0 aliphatic heterocycles. The Morgan fingerprint density at radius 1 is 0.889 bits per heavy atom. The van der Waals surface area contributed by atoms with Crippen LogP contribution in [0.5, 0.6) is 17.2 Å². The summed E-state index contributed by atoms with van der Waals surface area (Å²) in [6.45, 7) is 0. The van der Waals surface area contributed by atoms with Crippen LogP contribution in [-0.4, -0.2) is 40.8 Å². The zero-order chi connectivity index (χ0) is 18.8. The number of methoxy groups -OCH3 is 3. The quantitative estimate of drug-likeness (QED) is 0.541. The Morgan fingerprint density at radius 3 is 2.30 bits per heavy atom. The number of hydrogen-bond acceptors (Lipinski definition) is 6. The van der Waals surface area contributed by atoms with Crippen molar-refractivity contribution < 1.29 is 14.2 Å². The normalized spacial score (nSPS) is 10.8. The van der Waals surface area contributed by atoms with Crippen molar-refractivity contribution in [2.45, 2.75) is 0 Å². The fourth-order valence-electron chi connectivity index (χ4n) is 3.01. The number of fused-ring (bicyclic) bond motifs is 1. The third-order valence-corrected chi connectivity index (χ3v) is 4.26. The molecule has 0 N–H and O–H groups in total. The van der Waals surface area contributed by atoms with E-state index in [4.69, 9.17) is 24.2 Å². The van der Waals surface area contributed by atoms with Crippen molar-refractivity contribution in [2.75, 3.05) is 21.3 Å². The minimum atomic E-state index is 0.488. The molecule has 0 bridgehead atoms. The SMILES string of the molecule is COc1cc2c(-n3ccnc3)nc(-c3ccccc3)nc2c(OC)c1OC. The molecule has 2 heterocycles. The summed E-state index contributed by atoms with van der Waals surface area (Å²) in [6, 6.07) is 11.6. The van der Waals surface area contributed by atoms with E-state index in [1.54, 1.807) is 33.9 Å². The molecule has 7 heteroatoms. The first-order valence-electron chi connectivity index (χ1n) is 8.31. The van der Waals surface area contributed by atoms with Crippen LogP contribution in [0, 0.1) is 0 Å². The second kappa shape index (κ2) is 6.95. The predicted molar refractivity (Wildman–Crippen MR) is 102 cm³/mol. The maximum atomic E-state index is 5.64. The standard InChI is InChI=1S/C20H18N4O3/c1-25-15-11-14-16(18(27-3)17(15)26-2)22-19(13-7-5-4-6-8-13)23-20(14)24-10-9-21-12-24/h4-12H,1-3H3. The van der Waals surface area contributed by atoms with Gasteiger partial charge < -0.3 is 14.2 Å². The van der Waals surface area contributed by atoms with Crippen molar-refractivity contribution in [3.63, 3.8) is 0 Å². The molecule has 4 aromatic rings. The van der Waals surface area contributed by atoms with Crippen molar-refractivity contribution in [1.82, 2.24) is 19.5 Å². The van der Waals surface area contributed by atoms with Crippen molar-refractivity contribution in [1.29, 1.82) is 0 Å². The average molecular weight is 362 g/mol. The summed E-state index contributed by atoms with van der Waals surface area (Å²) in [6.07, 6.45) is 5.23. The number of aromatic nitrogens is 4. The summed E-state index contributed by atoms with van der Waals surface area (Å²) in [5.74, 6) is 2.78. The van der Waals surface area contributed by atoms with E-state index in [0.717, 1.165) is 10.9 Å². The molecular weight excluding hydrogens is 344 g/mol. The number of imidazole rings is 1. The molecular formula is C20H18N4O3. The van der Waals surface area contributed by atoms with Crippen LogP contribution in [0.1, 0.15) is 0 Å². The maximum absolute atomic E-state index is 5.64. The Balaban J connectivity index is 2.12. The van der Waals surface area contributed by atoms with Crippen LogP contribution in [-0.2, 0) is 0 Å². The zero-order valence-electron chi connectivity index (χ0n) is 15.2. The van der Waals surface area contributed by atoms with Gasteiger partial charge in [0.1, 0.15) is 17.7 Å². The second-order valence-electron chi connectivity index (χ2n) is 5.75. The van der Waals surface area contributed by atoms with E-state index in [2.05, 4.69) is 4.98 Å². The van der Waals surface area contributed by atoms with E-state index in [9.17, 15) is 0 Å². The van der Waals surface area contributed by atoms with E-state index in [1.807, 2.05) is 47.2 Å². The molecule has 0 unspecified atom stereocenters. The molecule has 0 saturated carbocycles. The first kappa shape index (κ1) is 16.8. The Hall–Kier alpha value is -3.61. The number of hydrogen-bond donors (Lipinski definition) is 0. The van der Waals surface area contributed by atoms with Crippen molar-refractivity contribution in [3.05, 3.63) is 55.1 Å². The van der Waals surface area contributed by atoms with Crippen LogP contribution in [0.25, 0.3) is 28.1 Å². The predicted octanol–water partition coefficient (Wildman–Crippen LogP) is 3.51. The van der Waals surface area contributed by atoms with Gasteiger partial charge in [-0.25, -0.2) is 15.0 Å². The smallest absolute Gasteiger partial charge is 0.205 e. The van der Waals surface area contributed by atoms with Gasteiger partial charge in [0, 0.05) is 18.0 Å². The number of rotatable bonds is 5. The van der Waals surface area contributed by atoms with Gasteiger partial charge in [-0.05, 0) is 6.07 Å². The Kier molecular flexibility index (Phi) is 4.33. The minimum absolute atomic E-state index is 0.488. The lowest BCUT2D eigenvalue weighted by Crippen LogP contribution is -2.04. The lowest BCUT2D eigenvalue weighted by atomic mass is 10.1. The van der Waals surface area contributed by atoms with Crippen LogP contribution >= 0.6 is 0 Å². The van der Waals surface area contributed by atoms with Gasteiger partial charge >= 0.3 is 0 Å². The Bertz CT molecular complexity index is 1080. The van der Waals surface area contributed by atoms with Gasteiger partial charge in [0.2, 0.25) is 5.75 Å². The fourth-order valence-corrected chi connectivity index (χ4v) is 3.01. The van der Waals surface area contributed by atoms with Gasteiger partial charge in [-0.2, -0.15) is 0 Å². The van der Waals surface area contributed by atoms with E-state index in [0.29, 0.717) is 34.4 Å². The molecule has 0 spiro atoms. The lowest BCUT2D eigenvalue weighted by Gasteiger charge is -2.16. The molecule has 4 rings (SSSR count). The molecule has 27 heavy (non-hydrogen) atoms. The highest BCUT2D eigenvalue weighted by Crippen LogP contribution is 2.44. The van der Waals surface area contributed by atoms with E-state index >= 15 is 0 Å². The van der Waals surface area contributed by atoms with Gasteiger partial charge in [0.25, 0.3) is 0 Å². The highest BCUT2D eigenvalue weighted by atomic mass is 16.5. The fraction of sp³-hybridized carbons (Fsp3) is 0.150. The maximum Gasteiger partial charge on any atom is 0.205 e. The summed E-state index contributed by atoms with van der Waals surface area (Å²) < 4.78 is 18.5. The van der Waals surface area contributed by atoms with Crippen molar-refractivity contribution in [3.8, 4) is 34.5 Å². The highest BCUT2D eigenvalue weighted by molar-refractivity contribution is 5.95. The van der Waals surface area contributed by atoms with Crippen molar-refractivity contribution >= 4 is 10.9 Å². The molecule has 0 amide bonds. The summed E-state index contributed by atoms with van der Waals surface area (Å²) >= 11 is 0. The minimum Gasteiger partial charge on any atom is -0.493 e. The first-order valence-corrected chi connectivity index (χ1v) is 8.31. The highest BCUT2D eigenvalue weighted by Gasteiger charge is 2.21. The summed E-state index contributed by atoms with van der Waals surface area (Å²) in [7, 11) is 4.74. The summed E-state index contributed by atoms with van der Waals surface area (Å²) in [5, 5.41) is 0.766. The third kappa shape index (κ3) is 2.83. The molecule has 0 atom stereocenters. The average Bonchev–Trinajstić information content (AvgIpc) is 3.26. The molecule has 2 aromatic heterocycles. The van der Waals surface area contributed by atoms with Gasteiger partial charge in [0.15, 0.2) is 17.3 Å². The van der Waals surface area contributed by atoms with Gasteiger partial charge in [-0.3, -0.25) is 4.57 Å². The van der Waals surface area contributed by atoms with Crippen LogP contribution < -0.4 is 14.2 Å². The Morgan fingerprint density at radius 2 is 1.67 bits per heavy atom. The summed E-state index contributed by atoms with van der Waals surface area (Å²) in [4.78, 5) is 13.7. The molecule has 2 aromatic carbocycles. The molecule has 0 saturated heterocycles. The molecule has 136 valence electrons. The van der Waals surface area contributed by atoms with Crippen LogP contribution in [0.4, 0.5) is 0 Å². The largest absolute Gasteiger partial charge is 0.493 e. The Labute approximate surface area is 156 Å². The molecule has 7 nitrogen and oxygen atoms in total. The molecule has 0 aliphatic carbocycles.